The minimum atomic E-state index is 0.408. The lowest BCUT2D eigenvalue weighted by molar-refractivity contribution is 0.148. The Hall–Kier alpha value is 0.660. The first-order chi connectivity index (χ1) is 7.55. The van der Waals surface area contributed by atoms with Gasteiger partial charge in [0.25, 0.3) is 0 Å². The second-order valence-corrected chi connectivity index (χ2v) is 6.21. The molecule has 0 N–H and O–H groups in total. The minimum Gasteiger partial charge on any atom is -0.303 e. The average molecular weight is 264 g/mol. The van der Waals surface area contributed by atoms with Crippen LogP contribution in [0, 0.1) is 5.41 Å². The summed E-state index contributed by atoms with van der Waals surface area (Å²) in [6, 6.07) is 0.685. The molecule has 0 bridgehead atoms. The molecule has 0 heterocycles. The van der Waals surface area contributed by atoms with Crippen molar-refractivity contribution in [1.82, 2.24) is 4.90 Å². The van der Waals surface area contributed by atoms with E-state index in [1.54, 1.807) is 0 Å². The van der Waals surface area contributed by atoms with E-state index >= 15 is 0 Å². The van der Waals surface area contributed by atoms with Crippen LogP contribution >= 0.6 is 24.4 Å². The van der Waals surface area contributed by atoms with Gasteiger partial charge in [-0.25, -0.2) is 0 Å². The Morgan fingerprint density at radius 2 is 1.88 bits per heavy atom. The third-order valence-electron chi connectivity index (χ3n) is 3.91. The van der Waals surface area contributed by atoms with Gasteiger partial charge in [0.1, 0.15) is 0 Å². The Bertz CT molecular complexity index is 161. The van der Waals surface area contributed by atoms with Gasteiger partial charge in [0.15, 0.2) is 0 Å². The van der Waals surface area contributed by atoms with Crippen LogP contribution in [0.2, 0.25) is 0 Å². The minimum absolute atomic E-state index is 0.408. The molecule has 0 fully saturated rings. The van der Waals surface area contributed by atoms with Gasteiger partial charge in [-0.3, -0.25) is 0 Å². The standard InChI is InChI=1S/C13H29NS2/c1-6-13(7-2,11-15)10-14(4)12(3)8-9-16-5/h12,15H,6-11H2,1-5H3. The second-order valence-electron chi connectivity index (χ2n) is 4.91. The fraction of sp³-hybridized carbons (Fsp3) is 1.00. The summed E-state index contributed by atoms with van der Waals surface area (Å²) in [6.07, 6.45) is 5.93. The Kier molecular flexibility index (Phi) is 9.07. The monoisotopic (exact) mass is 263 g/mol. The summed E-state index contributed by atoms with van der Waals surface area (Å²) in [6.45, 7) is 8.10. The molecule has 0 saturated carbocycles. The van der Waals surface area contributed by atoms with Crippen molar-refractivity contribution in [2.45, 2.75) is 46.1 Å². The summed E-state index contributed by atoms with van der Waals surface area (Å²) in [4.78, 5) is 2.51. The topological polar surface area (TPSA) is 3.24 Å². The number of hydrogen-bond donors (Lipinski definition) is 1. The summed E-state index contributed by atoms with van der Waals surface area (Å²) in [7, 11) is 2.26. The first-order valence-electron chi connectivity index (χ1n) is 6.35. The van der Waals surface area contributed by atoms with E-state index in [-0.39, 0.29) is 0 Å². The van der Waals surface area contributed by atoms with Gasteiger partial charge < -0.3 is 4.90 Å². The van der Waals surface area contributed by atoms with E-state index in [2.05, 4.69) is 51.6 Å². The van der Waals surface area contributed by atoms with Crippen molar-refractivity contribution in [3.63, 3.8) is 0 Å². The molecule has 0 saturated heterocycles. The smallest absolute Gasteiger partial charge is 0.00719 e. The van der Waals surface area contributed by atoms with Crippen molar-refractivity contribution in [3.8, 4) is 0 Å². The van der Waals surface area contributed by atoms with E-state index < -0.39 is 0 Å². The number of thioether (sulfide) groups is 1. The molecule has 0 aliphatic rings. The Labute approximate surface area is 112 Å². The molecule has 1 atom stereocenters. The van der Waals surface area contributed by atoms with Gasteiger partial charge in [-0.15, -0.1) is 0 Å². The zero-order valence-electron chi connectivity index (χ0n) is 11.6. The van der Waals surface area contributed by atoms with Gasteiger partial charge in [-0.05, 0) is 56.4 Å². The zero-order valence-corrected chi connectivity index (χ0v) is 13.3. The number of thiol groups is 1. The molecule has 0 aromatic heterocycles. The van der Waals surface area contributed by atoms with Crippen LogP contribution in [0.1, 0.15) is 40.0 Å². The number of rotatable bonds is 9. The van der Waals surface area contributed by atoms with E-state index in [9.17, 15) is 0 Å². The van der Waals surface area contributed by atoms with E-state index in [4.69, 9.17) is 0 Å². The summed E-state index contributed by atoms with van der Waals surface area (Å²) in [5.41, 5.74) is 0.408. The van der Waals surface area contributed by atoms with E-state index in [1.165, 1.54) is 31.6 Å². The molecule has 0 aliphatic carbocycles. The first kappa shape index (κ1) is 16.7. The van der Waals surface area contributed by atoms with E-state index in [0.29, 0.717) is 11.5 Å². The van der Waals surface area contributed by atoms with Crippen LogP contribution in [0.5, 0.6) is 0 Å². The summed E-state index contributed by atoms with van der Waals surface area (Å²) in [5, 5.41) is 0. The highest BCUT2D eigenvalue weighted by Gasteiger charge is 2.27. The maximum Gasteiger partial charge on any atom is 0.00719 e. The fourth-order valence-electron chi connectivity index (χ4n) is 1.94. The normalized spacial score (nSPS) is 14.4. The summed E-state index contributed by atoms with van der Waals surface area (Å²) >= 11 is 6.49. The quantitative estimate of drug-likeness (QED) is 0.630. The van der Waals surface area contributed by atoms with Gasteiger partial charge in [-0.2, -0.15) is 24.4 Å². The van der Waals surface area contributed by atoms with Gasteiger partial charge >= 0.3 is 0 Å². The average Bonchev–Trinajstić information content (AvgIpc) is 2.32. The molecule has 98 valence electrons. The molecule has 0 rings (SSSR count). The Balaban J connectivity index is 4.22. The van der Waals surface area contributed by atoms with Crippen LogP contribution in [-0.2, 0) is 0 Å². The lowest BCUT2D eigenvalue weighted by Crippen LogP contribution is -2.41. The van der Waals surface area contributed by atoms with Gasteiger partial charge in [0.2, 0.25) is 0 Å². The summed E-state index contributed by atoms with van der Waals surface area (Å²) in [5.74, 6) is 2.26. The van der Waals surface area contributed by atoms with Crippen LogP contribution in [0.3, 0.4) is 0 Å². The predicted molar refractivity (Wildman–Crippen MR) is 82.0 cm³/mol. The van der Waals surface area contributed by atoms with Crippen molar-refractivity contribution >= 4 is 24.4 Å². The lowest BCUT2D eigenvalue weighted by atomic mass is 9.83. The SMILES string of the molecule is CCC(CC)(CS)CN(C)C(C)CCSC. The molecule has 0 amide bonds. The molecule has 1 unspecified atom stereocenters. The molecule has 0 spiro atoms. The molecule has 0 radical (unpaired) electrons. The molecule has 0 aromatic carbocycles. The molecule has 0 aliphatic heterocycles. The van der Waals surface area contributed by atoms with Crippen LogP contribution in [0.15, 0.2) is 0 Å². The number of nitrogens with zero attached hydrogens (tertiary/aromatic N) is 1. The van der Waals surface area contributed by atoms with Crippen molar-refractivity contribution in [2.75, 3.05) is 31.4 Å². The Morgan fingerprint density at radius 1 is 1.31 bits per heavy atom. The van der Waals surface area contributed by atoms with Crippen LogP contribution < -0.4 is 0 Å². The first-order valence-corrected chi connectivity index (χ1v) is 8.38. The highest BCUT2D eigenvalue weighted by molar-refractivity contribution is 7.98. The molecular formula is C13H29NS2. The molecule has 0 aromatic rings. The van der Waals surface area contributed by atoms with E-state index in [0.717, 1.165) is 5.75 Å². The van der Waals surface area contributed by atoms with Gasteiger partial charge in [-0.1, -0.05) is 13.8 Å². The van der Waals surface area contributed by atoms with Crippen LogP contribution in [0.4, 0.5) is 0 Å². The van der Waals surface area contributed by atoms with Crippen molar-refractivity contribution in [2.24, 2.45) is 5.41 Å². The highest BCUT2D eigenvalue weighted by atomic mass is 32.2. The van der Waals surface area contributed by atoms with Crippen LogP contribution in [-0.4, -0.2) is 42.3 Å². The largest absolute Gasteiger partial charge is 0.303 e. The molecular weight excluding hydrogens is 234 g/mol. The molecule has 16 heavy (non-hydrogen) atoms. The van der Waals surface area contributed by atoms with Crippen LogP contribution in [0.25, 0.3) is 0 Å². The van der Waals surface area contributed by atoms with Gasteiger partial charge in [0.05, 0.1) is 0 Å². The maximum absolute atomic E-state index is 4.54. The zero-order chi connectivity index (χ0) is 12.6. The predicted octanol–water partition coefficient (Wildman–Crippen LogP) is 3.80. The highest BCUT2D eigenvalue weighted by Crippen LogP contribution is 2.29. The fourth-order valence-corrected chi connectivity index (χ4v) is 3.06. The van der Waals surface area contributed by atoms with Crippen molar-refractivity contribution in [3.05, 3.63) is 0 Å². The Morgan fingerprint density at radius 3 is 2.25 bits per heavy atom. The molecule has 3 heteroatoms. The van der Waals surface area contributed by atoms with Gasteiger partial charge in [0, 0.05) is 12.6 Å². The van der Waals surface area contributed by atoms with E-state index in [1.807, 2.05) is 11.8 Å². The third kappa shape index (κ3) is 5.33. The lowest BCUT2D eigenvalue weighted by Gasteiger charge is -2.37. The second kappa shape index (κ2) is 8.71. The number of hydrogen-bond acceptors (Lipinski definition) is 3. The third-order valence-corrected chi connectivity index (χ3v) is 5.23. The molecule has 1 nitrogen and oxygen atoms in total. The van der Waals surface area contributed by atoms with Crippen molar-refractivity contribution < 1.29 is 0 Å². The van der Waals surface area contributed by atoms with Crippen molar-refractivity contribution in [1.29, 1.82) is 0 Å². The summed E-state index contributed by atoms with van der Waals surface area (Å²) < 4.78 is 0. The maximum atomic E-state index is 4.54.